The fraction of sp³-hybridized carbons (Fsp3) is 0.250. The van der Waals surface area contributed by atoms with E-state index in [2.05, 4.69) is 32.0 Å². The van der Waals surface area contributed by atoms with E-state index in [0.29, 0.717) is 23.6 Å². The Bertz CT molecular complexity index is 1250. The van der Waals surface area contributed by atoms with Crippen LogP contribution < -0.4 is 21.7 Å². The molecule has 0 unspecified atom stereocenters. The van der Waals surface area contributed by atoms with Gasteiger partial charge < -0.3 is 21.7 Å². The first-order valence-electron chi connectivity index (χ1n) is 11.9. The number of aromatic nitrogens is 2. The Hall–Kier alpha value is -3.81. The van der Waals surface area contributed by atoms with E-state index in [4.69, 9.17) is 5.73 Å². The zero-order chi connectivity index (χ0) is 24.5. The van der Waals surface area contributed by atoms with Crippen molar-refractivity contribution in [3.63, 3.8) is 0 Å². The van der Waals surface area contributed by atoms with Gasteiger partial charge in [0.05, 0.1) is 16.9 Å². The van der Waals surface area contributed by atoms with E-state index in [0.717, 1.165) is 40.1 Å². The maximum absolute atomic E-state index is 10.8. The lowest BCUT2D eigenvalue weighted by atomic mass is 10.1. The molecule has 1 aliphatic rings. The normalized spacial score (nSPS) is 13.6. The Labute approximate surface area is 206 Å². The van der Waals surface area contributed by atoms with Crippen molar-refractivity contribution in [3.8, 4) is 11.3 Å². The number of fused-ring (bicyclic) bond motifs is 1. The summed E-state index contributed by atoms with van der Waals surface area (Å²) in [6, 6.07) is 21.9. The zero-order valence-corrected chi connectivity index (χ0v) is 20.0. The number of anilines is 2. The van der Waals surface area contributed by atoms with Gasteiger partial charge in [0, 0.05) is 35.3 Å². The first-order valence-corrected chi connectivity index (χ1v) is 11.9. The number of hydrogen-bond donors (Lipinski definition) is 4. The first-order chi connectivity index (χ1) is 17.2. The molecule has 35 heavy (non-hydrogen) atoms. The van der Waals surface area contributed by atoms with Crippen LogP contribution in [0.3, 0.4) is 0 Å². The molecule has 0 bridgehead atoms. The van der Waals surface area contributed by atoms with Crippen LogP contribution in [0.15, 0.2) is 72.9 Å². The quantitative estimate of drug-likeness (QED) is 0.313. The van der Waals surface area contributed by atoms with Gasteiger partial charge in [0.25, 0.3) is 0 Å². The number of carbonyl (C=O) groups excluding carboxylic acids is 1. The van der Waals surface area contributed by atoms with Crippen LogP contribution in [0.1, 0.15) is 28.8 Å². The average molecular weight is 469 g/mol. The molecule has 0 saturated carbocycles. The number of hydrogen-bond acceptors (Lipinski definition) is 7. The number of rotatable bonds is 6. The molecule has 4 aromatic rings. The van der Waals surface area contributed by atoms with Crippen molar-refractivity contribution in [1.29, 1.82) is 0 Å². The molecule has 2 aromatic heterocycles. The third-order valence-corrected chi connectivity index (χ3v) is 6.14. The number of carbonyl (C=O) groups is 1. The average Bonchev–Trinajstić information content (AvgIpc) is 2.93. The number of nitrogens with zero attached hydrogens (tertiary/aromatic N) is 2. The largest absolute Gasteiger partial charge is 0.396 e. The molecular formula is C28H32N6O. The third kappa shape index (κ3) is 6.62. The van der Waals surface area contributed by atoms with Crippen LogP contribution in [0, 0.1) is 0 Å². The van der Waals surface area contributed by atoms with Gasteiger partial charge in [-0.05, 0) is 68.9 Å². The Balaban J connectivity index is 0.000000308. The second kappa shape index (κ2) is 12.1. The summed E-state index contributed by atoms with van der Waals surface area (Å²) in [6.07, 6.45) is 5.19. The van der Waals surface area contributed by atoms with Gasteiger partial charge in [-0.1, -0.05) is 36.4 Å². The number of nitrogens with one attached hydrogen (secondary N) is 3. The number of pyridine rings is 2. The van der Waals surface area contributed by atoms with Crippen LogP contribution in [-0.2, 0) is 6.54 Å². The van der Waals surface area contributed by atoms with Gasteiger partial charge >= 0.3 is 0 Å². The summed E-state index contributed by atoms with van der Waals surface area (Å²) in [4.78, 5) is 19.8. The van der Waals surface area contributed by atoms with Crippen LogP contribution >= 0.6 is 0 Å². The van der Waals surface area contributed by atoms with E-state index in [1.54, 1.807) is 18.3 Å². The minimum absolute atomic E-state index is 0.589. The van der Waals surface area contributed by atoms with Gasteiger partial charge in [0.1, 0.15) is 12.1 Å². The molecule has 5 N–H and O–H groups in total. The lowest BCUT2D eigenvalue weighted by molar-refractivity contribution is 0.112. The molecule has 7 heteroatoms. The van der Waals surface area contributed by atoms with Gasteiger partial charge in [0.15, 0.2) is 0 Å². The van der Waals surface area contributed by atoms with E-state index in [1.165, 1.54) is 25.9 Å². The summed E-state index contributed by atoms with van der Waals surface area (Å²) in [6.45, 7) is 2.98. The maximum atomic E-state index is 10.8. The van der Waals surface area contributed by atoms with Crippen molar-refractivity contribution in [3.05, 3.63) is 84.1 Å². The summed E-state index contributed by atoms with van der Waals surface area (Å²) >= 11 is 0. The van der Waals surface area contributed by atoms with Gasteiger partial charge in [-0.2, -0.15) is 0 Å². The van der Waals surface area contributed by atoms with E-state index < -0.39 is 0 Å². The summed E-state index contributed by atoms with van der Waals surface area (Å²) in [5, 5.41) is 11.0. The second-order valence-corrected chi connectivity index (χ2v) is 8.57. The minimum Gasteiger partial charge on any atom is -0.396 e. The highest BCUT2D eigenvalue weighted by molar-refractivity contribution is 5.79. The standard InChI is InChI=1S/C22H18N4O.C6H14N2/c23-19-8-10-21(17-6-3-15(14-27)4-7-17)26-22(19)25-13-16-5-9-20-18(12-16)2-1-11-24-20;1-7-6-2-4-8-5-3-6/h1-12,14H,13,23H2,(H,25,26);6-8H,2-5H2,1H3. The molecule has 0 atom stereocenters. The van der Waals surface area contributed by atoms with Crippen molar-refractivity contribution in [2.45, 2.75) is 25.4 Å². The molecule has 0 amide bonds. The molecular weight excluding hydrogens is 436 g/mol. The van der Waals surface area contributed by atoms with Crippen LogP contribution in [0.2, 0.25) is 0 Å². The fourth-order valence-electron chi connectivity index (χ4n) is 4.04. The summed E-state index contributed by atoms with van der Waals surface area (Å²) < 4.78 is 0. The number of nitrogen functional groups attached to an aromatic ring is 1. The number of benzene rings is 2. The SMILES string of the molecule is CNC1CCNCC1.Nc1ccc(-c2ccc(C=O)cc2)nc1NCc1ccc2ncccc2c1. The highest BCUT2D eigenvalue weighted by Gasteiger charge is 2.09. The molecule has 1 aliphatic heterocycles. The number of piperidine rings is 1. The molecule has 2 aromatic carbocycles. The van der Waals surface area contributed by atoms with Crippen LogP contribution in [0.4, 0.5) is 11.5 Å². The highest BCUT2D eigenvalue weighted by Crippen LogP contribution is 2.24. The van der Waals surface area contributed by atoms with Crippen LogP contribution in [0.5, 0.6) is 0 Å². The fourth-order valence-corrected chi connectivity index (χ4v) is 4.04. The predicted molar refractivity (Wildman–Crippen MR) is 143 cm³/mol. The molecule has 5 rings (SSSR count). The Morgan fingerprint density at radius 2 is 1.86 bits per heavy atom. The number of aldehydes is 1. The predicted octanol–water partition coefficient (Wildman–Crippen LogP) is 4.26. The summed E-state index contributed by atoms with van der Waals surface area (Å²) in [7, 11) is 2.04. The first kappa shape index (κ1) is 24.3. The van der Waals surface area contributed by atoms with Crippen molar-refractivity contribution >= 4 is 28.7 Å². The van der Waals surface area contributed by atoms with Crippen molar-refractivity contribution in [2.75, 3.05) is 31.2 Å². The number of nitrogens with two attached hydrogens (primary N) is 1. The molecule has 0 aliphatic carbocycles. The van der Waals surface area contributed by atoms with Gasteiger partial charge in [0.2, 0.25) is 0 Å². The van der Waals surface area contributed by atoms with Gasteiger partial charge in [-0.3, -0.25) is 9.78 Å². The molecule has 1 saturated heterocycles. The zero-order valence-electron chi connectivity index (χ0n) is 20.0. The summed E-state index contributed by atoms with van der Waals surface area (Å²) in [5.74, 6) is 0.637. The maximum Gasteiger partial charge on any atom is 0.150 e. The molecule has 7 nitrogen and oxygen atoms in total. The van der Waals surface area contributed by atoms with E-state index >= 15 is 0 Å². The van der Waals surface area contributed by atoms with Crippen LogP contribution in [-0.4, -0.2) is 42.4 Å². The molecule has 180 valence electrons. The van der Waals surface area contributed by atoms with E-state index in [9.17, 15) is 4.79 Å². The topological polar surface area (TPSA) is 105 Å². The lowest BCUT2D eigenvalue weighted by Crippen LogP contribution is -2.37. The molecule has 1 fully saturated rings. The minimum atomic E-state index is 0.589. The molecule has 3 heterocycles. The van der Waals surface area contributed by atoms with E-state index in [-0.39, 0.29) is 0 Å². The Kier molecular flexibility index (Phi) is 8.38. The van der Waals surface area contributed by atoms with Crippen molar-refractivity contribution < 1.29 is 4.79 Å². The van der Waals surface area contributed by atoms with E-state index in [1.807, 2.05) is 55.6 Å². The Morgan fingerprint density at radius 1 is 1.06 bits per heavy atom. The van der Waals surface area contributed by atoms with Gasteiger partial charge in [-0.15, -0.1) is 0 Å². The van der Waals surface area contributed by atoms with Gasteiger partial charge in [-0.25, -0.2) is 4.98 Å². The highest BCUT2D eigenvalue weighted by atomic mass is 16.1. The second-order valence-electron chi connectivity index (χ2n) is 8.57. The lowest BCUT2D eigenvalue weighted by Gasteiger charge is -2.21. The Morgan fingerprint density at radius 3 is 2.57 bits per heavy atom. The van der Waals surface area contributed by atoms with Crippen molar-refractivity contribution in [2.24, 2.45) is 0 Å². The summed E-state index contributed by atoms with van der Waals surface area (Å²) in [5.41, 5.74) is 11.1. The third-order valence-electron chi connectivity index (χ3n) is 6.14. The molecule has 0 spiro atoms. The van der Waals surface area contributed by atoms with Crippen LogP contribution in [0.25, 0.3) is 22.2 Å². The monoisotopic (exact) mass is 468 g/mol. The van der Waals surface area contributed by atoms with Crippen molar-refractivity contribution in [1.82, 2.24) is 20.6 Å². The molecule has 0 radical (unpaired) electrons. The smallest absolute Gasteiger partial charge is 0.150 e.